The zero-order chi connectivity index (χ0) is 15.9. The number of rotatable bonds is 7. The molecule has 0 aromatic carbocycles. The predicted octanol–water partition coefficient (Wildman–Crippen LogP) is 5.81. The zero-order valence-corrected chi connectivity index (χ0v) is 13.8. The number of nitrogens with zero attached hydrogens (tertiary/aromatic N) is 1. The molecule has 0 heterocycles. The Labute approximate surface area is 123 Å². The molecule has 0 bridgehead atoms. The van der Waals surface area contributed by atoms with Gasteiger partial charge in [-0.1, -0.05) is 30.4 Å². The molecule has 0 saturated carbocycles. The molecule has 2 heteroatoms. The van der Waals surface area contributed by atoms with Crippen LogP contribution in [-0.4, -0.2) is 11.4 Å². The van der Waals surface area contributed by atoms with E-state index in [9.17, 15) is 4.39 Å². The van der Waals surface area contributed by atoms with E-state index >= 15 is 0 Å². The minimum Gasteiger partial charge on any atom is -0.262 e. The first-order valence-corrected chi connectivity index (χ1v) is 6.99. The van der Waals surface area contributed by atoms with E-state index in [1.807, 2.05) is 26.8 Å². The summed E-state index contributed by atoms with van der Waals surface area (Å²) in [5.74, 6) is -0.0101. The molecule has 0 N–H and O–H groups in total. The number of halogens is 1. The smallest absolute Gasteiger partial charge is 0.132 e. The van der Waals surface area contributed by atoms with E-state index in [1.165, 1.54) is 19.4 Å². The Morgan fingerprint density at radius 3 is 2.10 bits per heavy atom. The topological polar surface area (TPSA) is 12.4 Å². The molecule has 0 aromatic rings. The zero-order valence-electron chi connectivity index (χ0n) is 13.8. The van der Waals surface area contributed by atoms with Crippen molar-refractivity contribution in [2.24, 2.45) is 10.9 Å². The van der Waals surface area contributed by atoms with Crippen LogP contribution in [0.1, 0.15) is 48.0 Å². The molecule has 0 aliphatic heterocycles. The lowest BCUT2D eigenvalue weighted by molar-refractivity contribution is 0.270. The third-order valence-corrected chi connectivity index (χ3v) is 3.14. The van der Waals surface area contributed by atoms with Crippen molar-refractivity contribution in [3.8, 4) is 0 Å². The van der Waals surface area contributed by atoms with E-state index in [1.54, 1.807) is 6.08 Å². The van der Waals surface area contributed by atoms with Crippen molar-refractivity contribution in [2.45, 2.75) is 53.6 Å². The van der Waals surface area contributed by atoms with Gasteiger partial charge in [-0.2, -0.15) is 0 Å². The lowest BCUT2D eigenvalue weighted by Crippen LogP contribution is -2.19. The number of hydrogen-bond acceptors (Lipinski definition) is 1. The largest absolute Gasteiger partial charge is 0.262 e. The molecule has 1 unspecified atom stereocenters. The molecule has 0 rings (SSSR count). The van der Waals surface area contributed by atoms with Crippen molar-refractivity contribution in [1.82, 2.24) is 0 Å². The maximum Gasteiger partial charge on any atom is 0.132 e. The van der Waals surface area contributed by atoms with Gasteiger partial charge in [-0.15, -0.1) is 6.58 Å². The van der Waals surface area contributed by atoms with Gasteiger partial charge in [0.15, 0.2) is 0 Å². The van der Waals surface area contributed by atoms with Crippen LogP contribution >= 0.6 is 0 Å². The minimum atomic E-state index is -1.47. The molecule has 0 aromatic heterocycles. The van der Waals surface area contributed by atoms with Crippen LogP contribution in [0, 0.1) is 5.92 Å². The Hall–Kier alpha value is -1.44. The highest BCUT2D eigenvalue weighted by atomic mass is 19.1. The highest BCUT2D eigenvalue weighted by molar-refractivity contribution is 5.80. The fraction of sp³-hybridized carbons (Fsp3) is 0.500. The van der Waals surface area contributed by atoms with Gasteiger partial charge in [0.05, 0.1) is 5.70 Å². The summed E-state index contributed by atoms with van der Waals surface area (Å²) >= 11 is 0. The van der Waals surface area contributed by atoms with E-state index in [0.29, 0.717) is 5.57 Å². The van der Waals surface area contributed by atoms with Crippen LogP contribution in [0.2, 0.25) is 0 Å². The lowest BCUT2D eigenvalue weighted by atomic mass is 9.88. The van der Waals surface area contributed by atoms with E-state index in [-0.39, 0.29) is 5.92 Å². The van der Waals surface area contributed by atoms with Gasteiger partial charge in [0.25, 0.3) is 0 Å². The fourth-order valence-electron chi connectivity index (χ4n) is 1.99. The average Bonchev–Trinajstić information content (AvgIpc) is 2.33. The number of aliphatic imine (C=N–C) groups is 1. The normalized spacial score (nSPS) is 15.2. The van der Waals surface area contributed by atoms with Gasteiger partial charge in [0.2, 0.25) is 0 Å². The van der Waals surface area contributed by atoms with Crippen LogP contribution in [0.3, 0.4) is 0 Å². The van der Waals surface area contributed by atoms with E-state index in [4.69, 9.17) is 0 Å². The Morgan fingerprint density at radius 2 is 1.80 bits per heavy atom. The molecule has 0 aliphatic rings. The third-order valence-electron chi connectivity index (χ3n) is 3.14. The van der Waals surface area contributed by atoms with Gasteiger partial charge in [-0.3, -0.25) is 4.99 Å². The highest BCUT2D eigenvalue weighted by Gasteiger charge is 2.26. The van der Waals surface area contributed by atoms with Gasteiger partial charge in [-0.05, 0) is 48.0 Å². The van der Waals surface area contributed by atoms with Crippen molar-refractivity contribution < 1.29 is 4.39 Å². The molecule has 0 aliphatic carbocycles. The number of hydrogen-bond donors (Lipinski definition) is 0. The number of alkyl halides is 1. The first-order valence-electron chi connectivity index (χ1n) is 6.99. The number of allylic oxidation sites excluding steroid dienone is 5. The molecule has 0 radical (unpaired) electrons. The van der Waals surface area contributed by atoms with Gasteiger partial charge in [0.1, 0.15) is 5.67 Å². The molecule has 1 atom stereocenters. The Balaban J connectivity index is 6.00. The summed E-state index contributed by atoms with van der Waals surface area (Å²) in [6.45, 7) is 18.6. The van der Waals surface area contributed by atoms with Gasteiger partial charge >= 0.3 is 0 Å². The summed E-state index contributed by atoms with van der Waals surface area (Å²) in [4.78, 5) is 4.56. The molecule has 0 spiro atoms. The molecule has 20 heavy (non-hydrogen) atoms. The SMILES string of the molecule is C=C/C(=C(\N=C(C)C)C(C=C)C/C(C)=C\C)C(C)(C)F. The monoisotopic (exact) mass is 277 g/mol. The average molecular weight is 277 g/mol. The molecular formula is C18H28FN. The Morgan fingerprint density at radius 1 is 1.25 bits per heavy atom. The lowest BCUT2D eigenvalue weighted by Gasteiger charge is -2.23. The van der Waals surface area contributed by atoms with Crippen LogP contribution in [0.15, 0.2) is 53.2 Å². The van der Waals surface area contributed by atoms with Gasteiger partial charge < -0.3 is 0 Å². The van der Waals surface area contributed by atoms with Crippen molar-refractivity contribution in [2.75, 3.05) is 0 Å². The summed E-state index contributed by atoms with van der Waals surface area (Å²) in [5.41, 5.74) is 1.92. The first kappa shape index (κ1) is 18.6. The summed E-state index contributed by atoms with van der Waals surface area (Å²) in [6.07, 6.45) is 6.26. The molecule has 1 nitrogen and oxygen atoms in total. The standard InChI is InChI=1S/C18H28FN/c1-9-14(6)12-15(10-2)17(20-13(4)5)16(11-3)18(7,8)19/h9-11,15H,2-3,12H2,1,4-8H3/b14-9-,17-16+. The fourth-order valence-corrected chi connectivity index (χ4v) is 1.99. The molecule has 0 saturated heterocycles. The molecule has 0 amide bonds. The molecular weight excluding hydrogens is 249 g/mol. The predicted molar refractivity (Wildman–Crippen MR) is 88.9 cm³/mol. The summed E-state index contributed by atoms with van der Waals surface area (Å²) in [7, 11) is 0. The summed E-state index contributed by atoms with van der Waals surface area (Å²) < 4.78 is 14.4. The van der Waals surface area contributed by atoms with Crippen LogP contribution in [0.4, 0.5) is 4.39 Å². The maximum absolute atomic E-state index is 14.4. The summed E-state index contributed by atoms with van der Waals surface area (Å²) in [5, 5.41) is 0. The quantitative estimate of drug-likeness (QED) is 0.316. The van der Waals surface area contributed by atoms with Crippen molar-refractivity contribution >= 4 is 5.71 Å². The van der Waals surface area contributed by atoms with E-state index in [2.05, 4.69) is 31.2 Å². The Kier molecular flexibility index (Phi) is 7.41. The molecule has 0 fully saturated rings. The second-order valence-electron chi connectivity index (χ2n) is 5.72. The van der Waals surface area contributed by atoms with Crippen LogP contribution < -0.4 is 0 Å². The second-order valence-corrected chi connectivity index (χ2v) is 5.72. The van der Waals surface area contributed by atoms with E-state index in [0.717, 1.165) is 17.8 Å². The molecule has 112 valence electrons. The van der Waals surface area contributed by atoms with Crippen molar-refractivity contribution in [3.63, 3.8) is 0 Å². The minimum absolute atomic E-state index is 0.0101. The third kappa shape index (κ3) is 5.68. The Bertz CT molecular complexity index is 441. The van der Waals surface area contributed by atoms with Crippen LogP contribution in [0.5, 0.6) is 0 Å². The van der Waals surface area contributed by atoms with Crippen molar-refractivity contribution in [1.29, 1.82) is 0 Å². The van der Waals surface area contributed by atoms with Gasteiger partial charge in [-0.25, -0.2) is 4.39 Å². The first-order chi connectivity index (χ1) is 9.17. The highest BCUT2D eigenvalue weighted by Crippen LogP contribution is 2.32. The maximum atomic E-state index is 14.4. The van der Waals surface area contributed by atoms with E-state index < -0.39 is 5.67 Å². The second kappa shape index (κ2) is 7.98. The van der Waals surface area contributed by atoms with Crippen LogP contribution in [0.25, 0.3) is 0 Å². The van der Waals surface area contributed by atoms with Crippen molar-refractivity contribution in [3.05, 3.63) is 48.2 Å². The van der Waals surface area contributed by atoms with Crippen LogP contribution in [-0.2, 0) is 0 Å². The van der Waals surface area contributed by atoms with Gasteiger partial charge in [0, 0.05) is 17.2 Å². The summed E-state index contributed by atoms with van der Waals surface area (Å²) in [6, 6.07) is 0.